The first kappa shape index (κ1) is 21.2. The van der Waals surface area contributed by atoms with E-state index in [4.69, 9.17) is 23.7 Å². The summed E-state index contributed by atoms with van der Waals surface area (Å²) in [7, 11) is 6.27. The van der Waals surface area contributed by atoms with Gasteiger partial charge in [0.1, 0.15) is 0 Å². The maximum absolute atomic E-state index is 11.0. The average Bonchev–Trinajstić information content (AvgIpc) is 3.21. The summed E-state index contributed by atoms with van der Waals surface area (Å²) in [6.07, 6.45) is -1.18. The van der Waals surface area contributed by atoms with Crippen molar-refractivity contribution in [3.05, 3.63) is 47.5 Å². The van der Waals surface area contributed by atoms with Crippen LogP contribution in [0.25, 0.3) is 0 Å². The normalized spacial score (nSPS) is 22.2. The van der Waals surface area contributed by atoms with E-state index >= 15 is 0 Å². The van der Waals surface area contributed by atoms with Crippen molar-refractivity contribution in [1.29, 1.82) is 0 Å². The highest BCUT2D eigenvalue weighted by Crippen LogP contribution is 2.46. The van der Waals surface area contributed by atoms with Crippen molar-refractivity contribution in [1.82, 2.24) is 0 Å². The quantitative estimate of drug-likeness (QED) is 0.700. The standard InChI is InChI=1S/C22H28O7/c1-25-17-7-5-13(9-19(17)27-3)21(24)16-12-29-22(15(16)11-23)14-6-8-18(26-2)20(10-14)28-4/h5-10,15-16,21-24H,11-12H2,1-4H3/t15-,16-,21?,22+/m0/s1. The zero-order valence-electron chi connectivity index (χ0n) is 17.1. The van der Waals surface area contributed by atoms with Gasteiger partial charge in [0.15, 0.2) is 23.0 Å². The predicted octanol–water partition coefficient (Wildman–Crippen LogP) is 2.75. The lowest BCUT2D eigenvalue weighted by Crippen LogP contribution is -2.25. The average molecular weight is 404 g/mol. The Morgan fingerprint density at radius 1 is 0.897 bits per heavy atom. The SMILES string of the molecule is COc1ccc(C(O)[C@H]2CO[C@H](c3ccc(OC)c(OC)c3)[C@H]2CO)cc1OC. The molecular formula is C22H28O7. The lowest BCUT2D eigenvalue weighted by atomic mass is 9.82. The number of hydrogen-bond donors (Lipinski definition) is 2. The van der Waals surface area contributed by atoms with E-state index < -0.39 is 6.10 Å². The second kappa shape index (κ2) is 9.35. The molecule has 29 heavy (non-hydrogen) atoms. The molecule has 0 saturated carbocycles. The summed E-state index contributed by atoms with van der Waals surface area (Å²) >= 11 is 0. The summed E-state index contributed by atoms with van der Waals surface area (Å²) in [6, 6.07) is 10.8. The molecule has 158 valence electrons. The molecule has 4 atom stereocenters. The third-order valence-electron chi connectivity index (χ3n) is 5.51. The van der Waals surface area contributed by atoms with Gasteiger partial charge in [-0.25, -0.2) is 0 Å². The van der Waals surface area contributed by atoms with Gasteiger partial charge in [-0.3, -0.25) is 0 Å². The molecule has 0 radical (unpaired) electrons. The van der Waals surface area contributed by atoms with Crippen molar-refractivity contribution in [3.63, 3.8) is 0 Å². The Bertz CT molecular complexity index is 823. The van der Waals surface area contributed by atoms with Gasteiger partial charge in [0.25, 0.3) is 0 Å². The van der Waals surface area contributed by atoms with Crippen molar-refractivity contribution in [2.45, 2.75) is 12.2 Å². The Morgan fingerprint density at radius 2 is 1.48 bits per heavy atom. The zero-order chi connectivity index (χ0) is 21.0. The number of methoxy groups -OCH3 is 4. The minimum atomic E-state index is -0.822. The lowest BCUT2D eigenvalue weighted by Gasteiger charge is -2.26. The molecule has 0 spiro atoms. The van der Waals surface area contributed by atoms with Crippen LogP contribution in [-0.4, -0.2) is 51.9 Å². The van der Waals surface area contributed by atoms with Crippen LogP contribution in [0.2, 0.25) is 0 Å². The molecule has 2 N–H and O–H groups in total. The third-order valence-corrected chi connectivity index (χ3v) is 5.51. The summed E-state index contributed by atoms with van der Waals surface area (Å²) in [5.41, 5.74) is 1.55. The minimum Gasteiger partial charge on any atom is -0.493 e. The Kier molecular flexibility index (Phi) is 6.84. The molecule has 7 nitrogen and oxygen atoms in total. The number of rotatable bonds is 8. The van der Waals surface area contributed by atoms with Crippen LogP contribution in [0.5, 0.6) is 23.0 Å². The maximum atomic E-state index is 11.0. The van der Waals surface area contributed by atoms with Gasteiger partial charge in [-0.2, -0.15) is 0 Å². The van der Waals surface area contributed by atoms with Crippen molar-refractivity contribution in [2.75, 3.05) is 41.7 Å². The fraction of sp³-hybridized carbons (Fsp3) is 0.455. The molecule has 3 rings (SSSR count). The van der Waals surface area contributed by atoms with E-state index in [-0.39, 0.29) is 24.5 Å². The lowest BCUT2D eigenvalue weighted by molar-refractivity contribution is 0.0632. The number of hydrogen-bond acceptors (Lipinski definition) is 7. The molecule has 1 aliphatic heterocycles. The molecule has 0 aliphatic carbocycles. The second-order valence-electron chi connectivity index (χ2n) is 6.94. The van der Waals surface area contributed by atoms with Crippen LogP contribution in [0.15, 0.2) is 36.4 Å². The Labute approximate surface area is 170 Å². The summed E-state index contributed by atoms with van der Waals surface area (Å²) in [5, 5.41) is 21.1. The number of aliphatic hydroxyl groups is 2. The van der Waals surface area contributed by atoms with Crippen molar-refractivity contribution >= 4 is 0 Å². The molecule has 7 heteroatoms. The van der Waals surface area contributed by atoms with Crippen molar-refractivity contribution in [2.24, 2.45) is 11.8 Å². The summed E-state index contributed by atoms with van der Waals surface area (Å²) in [6.45, 7) is 0.202. The van der Waals surface area contributed by atoms with Gasteiger partial charge in [0.2, 0.25) is 0 Å². The van der Waals surface area contributed by atoms with Gasteiger partial charge < -0.3 is 33.9 Å². The first-order chi connectivity index (χ1) is 14.1. The minimum absolute atomic E-state index is 0.117. The fourth-order valence-corrected chi connectivity index (χ4v) is 3.90. The van der Waals surface area contributed by atoms with Crippen LogP contribution < -0.4 is 18.9 Å². The Hall–Kier alpha value is -2.48. The van der Waals surface area contributed by atoms with E-state index in [0.717, 1.165) is 5.56 Å². The van der Waals surface area contributed by atoms with Crippen LogP contribution in [0.3, 0.4) is 0 Å². The molecule has 2 aromatic carbocycles. The van der Waals surface area contributed by atoms with Crippen LogP contribution >= 0.6 is 0 Å². The van der Waals surface area contributed by atoms with Crippen LogP contribution in [0.4, 0.5) is 0 Å². The van der Waals surface area contributed by atoms with Gasteiger partial charge in [0, 0.05) is 18.4 Å². The summed E-state index contributed by atoms with van der Waals surface area (Å²) in [4.78, 5) is 0. The molecule has 2 aromatic rings. The van der Waals surface area contributed by atoms with Crippen molar-refractivity contribution in [3.8, 4) is 23.0 Å². The van der Waals surface area contributed by atoms with Crippen LogP contribution in [-0.2, 0) is 4.74 Å². The number of benzene rings is 2. The smallest absolute Gasteiger partial charge is 0.161 e. The largest absolute Gasteiger partial charge is 0.493 e. The third kappa shape index (κ3) is 4.12. The van der Waals surface area contributed by atoms with Gasteiger partial charge in [-0.15, -0.1) is 0 Å². The topological polar surface area (TPSA) is 86.6 Å². The van der Waals surface area contributed by atoms with E-state index in [1.807, 2.05) is 18.2 Å². The van der Waals surface area contributed by atoms with Gasteiger partial charge in [0.05, 0.1) is 47.3 Å². The monoisotopic (exact) mass is 404 g/mol. The van der Waals surface area contributed by atoms with Crippen LogP contribution in [0.1, 0.15) is 23.3 Å². The molecule has 1 saturated heterocycles. The van der Waals surface area contributed by atoms with E-state index in [1.54, 1.807) is 46.6 Å². The molecule has 1 heterocycles. The van der Waals surface area contributed by atoms with E-state index in [9.17, 15) is 10.2 Å². The highest BCUT2D eigenvalue weighted by atomic mass is 16.5. The highest BCUT2D eigenvalue weighted by molar-refractivity contribution is 5.45. The molecule has 1 unspecified atom stereocenters. The highest BCUT2D eigenvalue weighted by Gasteiger charge is 2.42. The molecular weight excluding hydrogens is 376 g/mol. The summed E-state index contributed by atoms with van der Waals surface area (Å²) in [5.74, 6) is 1.78. The maximum Gasteiger partial charge on any atom is 0.161 e. The second-order valence-corrected chi connectivity index (χ2v) is 6.94. The Balaban J connectivity index is 1.85. The molecule has 0 aromatic heterocycles. The first-order valence-corrected chi connectivity index (χ1v) is 9.42. The van der Waals surface area contributed by atoms with Gasteiger partial charge >= 0.3 is 0 Å². The molecule has 1 aliphatic rings. The fourth-order valence-electron chi connectivity index (χ4n) is 3.90. The molecule has 0 bridgehead atoms. The Morgan fingerprint density at radius 3 is 2.07 bits per heavy atom. The number of aliphatic hydroxyl groups excluding tert-OH is 2. The predicted molar refractivity (Wildman–Crippen MR) is 107 cm³/mol. The summed E-state index contributed by atoms with van der Waals surface area (Å²) < 4.78 is 27.3. The molecule has 0 amide bonds. The van der Waals surface area contributed by atoms with E-state index in [1.165, 1.54) is 0 Å². The van der Waals surface area contributed by atoms with E-state index in [0.29, 0.717) is 35.2 Å². The van der Waals surface area contributed by atoms with Crippen molar-refractivity contribution < 1.29 is 33.9 Å². The number of ether oxygens (including phenoxy) is 5. The van der Waals surface area contributed by atoms with Gasteiger partial charge in [-0.1, -0.05) is 12.1 Å². The zero-order valence-corrected chi connectivity index (χ0v) is 17.1. The first-order valence-electron chi connectivity index (χ1n) is 9.42. The van der Waals surface area contributed by atoms with Crippen LogP contribution in [0, 0.1) is 11.8 Å². The molecule has 1 fully saturated rings. The van der Waals surface area contributed by atoms with E-state index in [2.05, 4.69) is 0 Å². The van der Waals surface area contributed by atoms with Gasteiger partial charge in [-0.05, 0) is 35.4 Å².